The predicted molar refractivity (Wildman–Crippen MR) is 61.6 cm³/mol. The van der Waals surface area contributed by atoms with Crippen LogP contribution in [-0.4, -0.2) is 16.5 Å². The summed E-state index contributed by atoms with van der Waals surface area (Å²) >= 11 is 4.97. The van der Waals surface area contributed by atoms with Gasteiger partial charge in [0.2, 0.25) is 0 Å². The van der Waals surface area contributed by atoms with E-state index in [0.29, 0.717) is 17.2 Å². The fourth-order valence-electron chi connectivity index (χ4n) is 1.78. The Labute approximate surface area is 92.9 Å². The quantitative estimate of drug-likeness (QED) is 0.674. The molecule has 0 amide bonds. The van der Waals surface area contributed by atoms with Crippen LogP contribution in [0.1, 0.15) is 36.4 Å². The molecular weight excluding hydrogens is 210 g/mol. The first-order chi connectivity index (χ1) is 7.22. The van der Waals surface area contributed by atoms with Crippen LogP contribution in [0.25, 0.3) is 0 Å². The molecule has 0 radical (unpaired) electrons. The van der Waals surface area contributed by atoms with E-state index < -0.39 is 0 Å². The molecule has 82 valence electrons. The number of hydrogen-bond acceptors (Lipinski definition) is 3. The molecule has 0 saturated heterocycles. The van der Waals surface area contributed by atoms with Crippen LogP contribution in [0.3, 0.4) is 0 Å². The zero-order chi connectivity index (χ0) is 10.8. The molecule has 1 aliphatic carbocycles. The van der Waals surface area contributed by atoms with Crippen molar-refractivity contribution in [2.45, 2.75) is 31.6 Å². The molecule has 1 saturated carbocycles. The van der Waals surface area contributed by atoms with Crippen molar-refractivity contribution in [2.24, 2.45) is 5.73 Å². The molecule has 1 fully saturated rings. The summed E-state index contributed by atoms with van der Waals surface area (Å²) in [5.41, 5.74) is 7.29. The van der Waals surface area contributed by atoms with Gasteiger partial charge in [-0.15, -0.1) is 0 Å². The van der Waals surface area contributed by atoms with Gasteiger partial charge < -0.3 is 10.7 Å². The zero-order valence-corrected chi connectivity index (χ0v) is 9.32. The Kier molecular flexibility index (Phi) is 3.02. The second-order valence-corrected chi connectivity index (χ2v) is 4.38. The average Bonchev–Trinajstić information content (AvgIpc) is 2.98. The summed E-state index contributed by atoms with van der Waals surface area (Å²) in [6, 6.07) is 0. The molecule has 1 aromatic rings. The molecule has 1 heterocycles. The van der Waals surface area contributed by atoms with Crippen LogP contribution in [0.4, 0.5) is 0 Å². The summed E-state index contributed by atoms with van der Waals surface area (Å²) < 4.78 is 0.429. The van der Waals surface area contributed by atoms with E-state index in [1.165, 1.54) is 0 Å². The van der Waals surface area contributed by atoms with Crippen molar-refractivity contribution in [3.63, 3.8) is 0 Å². The standard InChI is InChI=1S/C10H15N3OS/c11-5-1-2-7-8(6-3-4-6)12-10(15)13-9(7)14/h6H,1-5,11H2,(H2,12,13,14,15). The molecular formula is C10H15N3OS. The molecule has 1 aliphatic rings. The van der Waals surface area contributed by atoms with Gasteiger partial charge >= 0.3 is 0 Å². The summed E-state index contributed by atoms with van der Waals surface area (Å²) in [5.74, 6) is 0.516. The lowest BCUT2D eigenvalue weighted by Gasteiger charge is -2.06. The number of aromatic nitrogens is 2. The van der Waals surface area contributed by atoms with Crippen molar-refractivity contribution in [3.8, 4) is 0 Å². The van der Waals surface area contributed by atoms with E-state index in [0.717, 1.165) is 36.9 Å². The Morgan fingerprint density at radius 2 is 2.13 bits per heavy atom. The Morgan fingerprint density at radius 3 is 2.73 bits per heavy atom. The number of rotatable bonds is 4. The number of aromatic amines is 2. The topological polar surface area (TPSA) is 74.7 Å². The molecule has 0 aliphatic heterocycles. The van der Waals surface area contributed by atoms with Gasteiger partial charge in [0.1, 0.15) is 0 Å². The van der Waals surface area contributed by atoms with E-state index in [-0.39, 0.29) is 5.56 Å². The van der Waals surface area contributed by atoms with Gasteiger partial charge in [0.15, 0.2) is 4.77 Å². The normalized spacial score (nSPS) is 15.5. The van der Waals surface area contributed by atoms with E-state index in [9.17, 15) is 4.79 Å². The number of H-pyrrole nitrogens is 2. The minimum absolute atomic E-state index is 0.0471. The Bertz CT molecular complexity index is 458. The highest BCUT2D eigenvalue weighted by molar-refractivity contribution is 7.71. The lowest BCUT2D eigenvalue weighted by Crippen LogP contribution is -2.18. The van der Waals surface area contributed by atoms with E-state index in [2.05, 4.69) is 9.97 Å². The van der Waals surface area contributed by atoms with Crippen molar-refractivity contribution in [1.82, 2.24) is 9.97 Å². The number of nitrogens with one attached hydrogen (secondary N) is 2. The van der Waals surface area contributed by atoms with Gasteiger partial charge in [-0.1, -0.05) is 0 Å². The van der Waals surface area contributed by atoms with Gasteiger partial charge in [-0.05, 0) is 50.4 Å². The van der Waals surface area contributed by atoms with Gasteiger partial charge in [-0.3, -0.25) is 9.78 Å². The lowest BCUT2D eigenvalue weighted by molar-refractivity contribution is 0.788. The lowest BCUT2D eigenvalue weighted by atomic mass is 10.1. The van der Waals surface area contributed by atoms with Crippen LogP contribution in [0.15, 0.2) is 4.79 Å². The largest absolute Gasteiger partial charge is 0.335 e. The van der Waals surface area contributed by atoms with Crippen LogP contribution in [0, 0.1) is 4.77 Å². The minimum Gasteiger partial charge on any atom is -0.335 e. The molecule has 0 unspecified atom stereocenters. The maximum absolute atomic E-state index is 11.7. The van der Waals surface area contributed by atoms with Crippen LogP contribution in [-0.2, 0) is 6.42 Å². The first kappa shape index (κ1) is 10.6. The third kappa shape index (κ3) is 2.35. The molecule has 5 heteroatoms. The number of nitrogens with two attached hydrogens (primary N) is 1. The summed E-state index contributed by atoms with van der Waals surface area (Å²) in [6.45, 7) is 0.610. The highest BCUT2D eigenvalue weighted by Gasteiger charge is 2.27. The molecule has 0 atom stereocenters. The van der Waals surface area contributed by atoms with Gasteiger partial charge in [0.05, 0.1) is 0 Å². The third-order valence-corrected chi connectivity index (χ3v) is 2.90. The summed E-state index contributed by atoms with van der Waals surface area (Å²) in [5, 5.41) is 0. The Balaban J connectivity index is 2.40. The Hall–Kier alpha value is -0.940. The van der Waals surface area contributed by atoms with Gasteiger partial charge in [-0.25, -0.2) is 0 Å². The van der Waals surface area contributed by atoms with Gasteiger partial charge in [0, 0.05) is 11.3 Å². The molecule has 0 bridgehead atoms. The summed E-state index contributed by atoms with van der Waals surface area (Å²) in [4.78, 5) is 17.5. The van der Waals surface area contributed by atoms with Gasteiger partial charge in [0.25, 0.3) is 5.56 Å². The van der Waals surface area contributed by atoms with Crippen LogP contribution < -0.4 is 11.3 Å². The van der Waals surface area contributed by atoms with Crippen LogP contribution in [0.2, 0.25) is 0 Å². The maximum atomic E-state index is 11.7. The van der Waals surface area contributed by atoms with Crippen molar-refractivity contribution in [3.05, 3.63) is 26.4 Å². The summed E-state index contributed by atoms with van der Waals surface area (Å²) in [7, 11) is 0. The highest BCUT2D eigenvalue weighted by Crippen LogP contribution is 2.39. The SMILES string of the molecule is NCCCc1c(C2CC2)[nH]c(=S)[nH]c1=O. The molecule has 4 N–H and O–H groups in total. The second kappa shape index (κ2) is 4.28. The van der Waals surface area contributed by atoms with E-state index >= 15 is 0 Å². The smallest absolute Gasteiger partial charge is 0.255 e. The van der Waals surface area contributed by atoms with Crippen molar-refractivity contribution in [2.75, 3.05) is 6.54 Å². The fraction of sp³-hybridized carbons (Fsp3) is 0.600. The van der Waals surface area contributed by atoms with Crippen LogP contribution in [0.5, 0.6) is 0 Å². The fourth-order valence-corrected chi connectivity index (χ4v) is 1.98. The summed E-state index contributed by atoms with van der Waals surface area (Å²) in [6.07, 6.45) is 3.89. The third-order valence-electron chi connectivity index (χ3n) is 2.69. The van der Waals surface area contributed by atoms with Crippen molar-refractivity contribution < 1.29 is 0 Å². The van der Waals surface area contributed by atoms with E-state index in [1.807, 2.05) is 0 Å². The molecule has 2 rings (SSSR count). The molecule has 0 aromatic carbocycles. The first-order valence-corrected chi connectivity index (χ1v) is 5.68. The first-order valence-electron chi connectivity index (χ1n) is 5.28. The maximum Gasteiger partial charge on any atom is 0.255 e. The predicted octanol–water partition coefficient (Wildman–Crippen LogP) is 1.20. The number of hydrogen-bond donors (Lipinski definition) is 3. The van der Waals surface area contributed by atoms with Crippen molar-refractivity contribution in [1.29, 1.82) is 0 Å². The monoisotopic (exact) mass is 225 g/mol. The van der Waals surface area contributed by atoms with Gasteiger partial charge in [-0.2, -0.15) is 0 Å². The average molecular weight is 225 g/mol. The molecule has 1 aromatic heterocycles. The molecule has 4 nitrogen and oxygen atoms in total. The Morgan fingerprint density at radius 1 is 1.40 bits per heavy atom. The molecule has 15 heavy (non-hydrogen) atoms. The zero-order valence-electron chi connectivity index (χ0n) is 8.51. The minimum atomic E-state index is -0.0471. The van der Waals surface area contributed by atoms with Crippen molar-refractivity contribution >= 4 is 12.2 Å². The van der Waals surface area contributed by atoms with E-state index in [4.69, 9.17) is 18.0 Å². The molecule has 0 spiro atoms. The van der Waals surface area contributed by atoms with Crippen LogP contribution >= 0.6 is 12.2 Å². The highest BCUT2D eigenvalue weighted by atomic mass is 32.1. The van der Waals surface area contributed by atoms with E-state index in [1.54, 1.807) is 0 Å². The second-order valence-electron chi connectivity index (χ2n) is 3.97.